The van der Waals surface area contributed by atoms with Crippen LogP contribution in [-0.4, -0.2) is 31.7 Å². The highest BCUT2D eigenvalue weighted by Gasteiger charge is 2.32. The fraction of sp³-hybridized carbons (Fsp3) is 0.318. The van der Waals surface area contributed by atoms with Gasteiger partial charge in [0.1, 0.15) is 5.82 Å². The van der Waals surface area contributed by atoms with Gasteiger partial charge in [-0.3, -0.25) is 0 Å². The molecule has 0 spiro atoms. The molecule has 2 aromatic carbocycles. The van der Waals surface area contributed by atoms with Crippen LogP contribution in [0.2, 0.25) is 0 Å². The number of rotatable bonds is 5. The lowest BCUT2D eigenvalue weighted by molar-refractivity contribution is 0.528. The monoisotopic (exact) mass is 430 g/mol. The van der Waals surface area contributed by atoms with Gasteiger partial charge in [-0.1, -0.05) is 35.9 Å². The fourth-order valence-electron chi connectivity index (χ4n) is 3.63. The maximum Gasteiger partial charge on any atom is 0.185 e. The van der Waals surface area contributed by atoms with E-state index in [-0.39, 0.29) is 4.90 Å². The topological polar surface area (TPSA) is 50.3 Å². The first-order valence-corrected chi connectivity index (χ1v) is 12.1. The second kappa shape index (κ2) is 8.24. The Labute approximate surface area is 175 Å². The Balaban J connectivity index is 1.40. The number of thiazole rings is 1. The third-order valence-corrected chi connectivity index (χ3v) is 8.53. The second-order valence-corrected chi connectivity index (χ2v) is 10.5. The Kier molecular flexibility index (Phi) is 5.69. The molecule has 0 saturated carbocycles. The van der Waals surface area contributed by atoms with Crippen LogP contribution in [0.15, 0.2) is 58.8 Å². The second-order valence-electron chi connectivity index (χ2n) is 7.47. The fourth-order valence-corrected chi connectivity index (χ4v) is 6.27. The van der Waals surface area contributed by atoms with Gasteiger partial charge in [0, 0.05) is 24.9 Å². The third kappa shape index (κ3) is 4.51. The summed E-state index contributed by atoms with van der Waals surface area (Å²) in [5.41, 5.74) is 3.50. The average Bonchev–Trinajstić information content (AvgIpc) is 3.18. The summed E-state index contributed by atoms with van der Waals surface area (Å²) in [5, 5.41) is 2.53. The summed E-state index contributed by atoms with van der Waals surface area (Å²) in [6.45, 7) is 3.34. The van der Waals surface area contributed by atoms with E-state index in [1.807, 2.05) is 0 Å². The van der Waals surface area contributed by atoms with Gasteiger partial charge in [0.2, 0.25) is 0 Å². The van der Waals surface area contributed by atoms with Crippen LogP contribution >= 0.6 is 11.3 Å². The van der Waals surface area contributed by atoms with Gasteiger partial charge in [-0.25, -0.2) is 17.8 Å². The quantitative estimate of drug-likeness (QED) is 0.592. The highest BCUT2D eigenvalue weighted by atomic mass is 32.2. The Morgan fingerprint density at radius 1 is 1.14 bits per heavy atom. The zero-order valence-electron chi connectivity index (χ0n) is 16.2. The first-order valence-electron chi connectivity index (χ1n) is 9.66. The van der Waals surface area contributed by atoms with Crippen LogP contribution in [0.3, 0.4) is 0 Å². The molecule has 29 heavy (non-hydrogen) atoms. The lowest BCUT2D eigenvalue weighted by atomic mass is 10.1. The molecule has 4 nitrogen and oxygen atoms in total. The minimum atomic E-state index is -3.51. The van der Waals surface area contributed by atoms with Gasteiger partial charge in [0.25, 0.3) is 0 Å². The van der Waals surface area contributed by atoms with Crippen LogP contribution in [-0.2, 0) is 16.3 Å². The standard InChI is InChI=1S/C22H23FN2O2S2/c1-16-5-7-17(8-6-16)13-19-15-28-22(24-19)25-11-9-20(10-12-25)29(26,27)21-4-2-3-18(23)14-21/h2-8,14-15,20H,9-13H2,1H3. The number of hydrogen-bond acceptors (Lipinski definition) is 5. The third-order valence-electron chi connectivity index (χ3n) is 5.32. The molecule has 0 radical (unpaired) electrons. The minimum absolute atomic E-state index is 0.0746. The van der Waals surface area contributed by atoms with Gasteiger partial charge in [-0.15, -0.1) is 11.3 Å². The van der Waals surface area contributed by atoms with E-state index >= 15 is 0 Å². The molecule has 4 rings (SSSR count). The van der Waals surface area contributed by atoms with Crippen molar-refractivity contribution in [1.82, 2.24) is 4.98 Å². The van der Waals surface area contributed by atoms with Gasteiger partial charge in [-0.05, 0) is 43.5 Å². The van der Waals surface area contributed by atoms with Crippen molar-refractivity contribution < 1.29 is 12.8 Å². The van der Waals surface area contributed by atoms with Crippen molar-refractivity contribution >= 4 is 26.3 Å². The highest BCUT2D eigenvalue weighted by molar-refractivity contribution is 7.92. The minimum Gasteiger partial charge on any atom is -0.348 e. The van der Waals surface area contributed by atoms with Crippen LogP contribution < -0.4 is 4.90 Å². The molecular formula is C22H23FN2O2S2. The molecule has 0 atom stereocenters. The normalized spacial score (nSPS) is 15.6. The van der Waals surface area contributed by atoms with E-state index in [2.05, 4.69) is 41.5 Å². The summed E-state index contributed by atoms with van der Waals surface area (Å²) in [6, 6.07) is 13.7. The van der Waals surface area contributed by atoms with E-state index in [1.165, 1.54) is 29.3 Å². The van der Waals surface area contributed by atoms with E-state index in [1.54, 1.807) is 11.3 Å². The van der Waals surface area contributed by atoms with E-state index in [0.717, 1.165) is 23.3 Å². The number of hydrogen-bond donors (Lipinski definition) is 0. The zero-order valence-corrected chi connectivity index (χ0v) is 17.8. The lowest BCUT2D eigenvalue weighted by Crippen LogP contribution is -2.39. The summed E-state index contributed by atoms with van der Waals surface area (Å²) < 4.78 is 39.1. The number of aryl methyl sites for hydroxylation is 1. The zero-order chi connectivity index (χ0) is 20.4. The highest BCUT2D eigenvalue weighted by Crippen LogP contribution is 2.29. The summed E-state index contributed by atoms with van der Waals surface area (Å²) in [7, 11) is -3.51. The molecule has 0 unspecified atom stereocenters. The molecule has 3 aromatic rings. The lowest BCUT2D eigenvalue weighted by Gasteiger charge is -2.31. The van der Waals surface area contributed by atoms with Crippen molar-refractivity contribution in [2.45, 2.75) is 36.3 Å². The number of nitrogens with zero attached hydrogens (tertiary/aromatic N) is 2. The van der Waals surface area contributed by atoms with E-state index in [0.29, 0.717) is 25.9 Å². The number of sulfone groups is 1. The van der Waals surface area contributed by atoms with Crippen molar-refractivity contribution in [2.75, 3.05) is 18.0 Å². The number of piperidine rings is 1. The SMILES string of the molecule is Cc1ccc(Cc2csc(N3CCC(S(=O)(=O)c4cccc(F)c4)CC3)n2)cc1. The first kappa shape index (κ1) is 20.0. The Morgan fingerprint density at radius 3 is 2.55 bits per heavy atom. The van der Waals surface area contributed by atoms with Gasteiger partial charge in [0.05, 0.1) is 15.8 Å². The van der Waals surface area contributed by atoms with Gasteiger partial charge >= 0.3 is 0 Å². The molecule has 1 saturated heterocycles. The summed E-state index contributed by atoms with van der Waals surface area (Å²) in [5.74, 6) is -0.521. The van der Waals surface area contributed by atoms with Crippen LogP contribution in [0.1, 0.15) is 29.7 Å². The molecule has 1 aliphatic heterocycles. The van der Waals surface area contributed by atoms with Crippen molar-refractivity contribution in [3.8, 4) is 0 Å². The Bertz CT molecular complexity index is 1090. The summed E-state index contributed by atoms with van der Waals surface area (Å²) >= 11 is 1.60. The number of halogens is 1. The largest absolute Gasteiger partial charge is 0.348 e. The molecular weight excluding hydrogens is 407 g/mol. The molecule has 7 heteroatoms. The van der Waals surface area contributed by atoms with Gasteiger partial charge in [0.15, 0.2) is 15.0 Å². The van der Waals surface area contributed by atoms with Gasteiger partial charge < -0.3 is 4.90 Å². The number of anilines is 1. The predicted octanol–water partition coefficient (Wildman–Crippen LogP) is 4.62. The van der Waals surface area contributed by atoms with Crippen molar-refractivity contribution in [2.24, 2.45) is 0 Å². The molecule has 152 valence electrons. The van der Waals surface area contributed by atoms with E-state index < -0.39 is 20.9 Å². The molecule has 2 heterocycles. The molecule has 0 N–H and O–H groups in total. The van der Waals surface area contributed by atoms with Crippen LogP contribution in [0.5, 0.6) is 0 Å². The van der Waals surface area contributed by atoms with Crippen molar-refractivity contribution in [1.29, 1.82) is 0 Å². The molecule has 1 fully saturated rings. The maximum absolute atomic E-state index is 13.4. The number of benzene rings is 2. The molecule has 0 aliphatic carbocycles. The van der Waals surface area contributed by atoms with Crippen molar-refractivity contribution in [3.63, 3.8) is 0 Å². The van der Waals surface area contributed by atoms with Crippen LogP contribution in [0.4, 0.5) is 9.52 Å². The smallest absolute Gasteiger partial charge is 0.185 e. The van der Waals surface area contributed by atoms with Gasteiger partial charge in [-0.2, -0.15) is 0 Å². The van der Waals surface area contributed by atoms with E-state index in [4.69, 9.17) is 4.98 Å². The number of aromatic nitrogens is 1. The van der Waals surface area contributed by atoms with Crippen LogP contribution in [0.25, 0.3) is 0 Å². The predicted molar refractivity (Wildman–Crippen MR) is 115 cm³/mol. The molecule has 0 amide bonds. The molecule has 1 aliphatic rings. The Morgan fingerprint density at radius 2 is 1.86 bits per heavy atom. The Hall–Kier alpha value is -2.25. The molecule has 0 bridgehead atoms. The maximum atomic E-state index is 13.4. The van der Waals surface area contributed by atoms with Crippen LogP contribution in [0, 0.1) is 12.7 Å². The summed E-state index contributed by atoms with van der Waals surface area (Å²) in [6.07, 6.45) is 1.83. The van der Waals surface area contributed by atoms with Crippen molar-refractivity contribution in [3.05, 3.63) is 76.5 Å². The van der Waals surface area contributed by atoms with E-state index in [9.17, 15) is 12.8 Å². The first-order chi connectivity index (χ1) is 13.9. The average molecular weight is 431 g/mol. The molecule has 1 aromatic heterocycles. The summed E-state index contributed by atoms with van der Waals surface area (Å²) in [4.78, 5) is 6.98.